The standard InChI is InChI=1S/C32H23N3O3S/c36-29(34-32-33-27(20-39-32)24-17-15-23(16-18-24)22-11-5-2-6-12-22)28(19-21-9-3-1-4-10-21)35-30(37)25-13-7-8-14-26(25)31(35)38/h1-18,20,28H,19H2,(H,33,34,36). The highest BCUT2D eigenvalue weighted by Gasteiger charge is 2.42. The van der Waals surface area contributed by atoms with E-state index >= 15 is 0 Å². The largest absolute Gasteiger partial charge is 0.300 e. The number of carbonyl (C=O) groups excluding carboxylic acids is 3. The summed E-state index contributed by atoms with van der Waals surface area (Å²) in [6, 6.07) is 33.2. The SMILES string of the molecule is O=C(Nc1nc(-c2ccc(-c3ccccc3)cc2)cs1)C(Cc1ccccc1)N1C(=O)c2ccccc2C1=O. The van der Waals surface area contributed by atoms with Gasteiger partial charge in [0, 0.05) is 17.4 Å². The van der Waals surface area contributed by atoms with Gasteiger partial charge in [-0.2, -0.15) is 0 Å². The van der Waals surface area contributed by atoms with Gasteiger partial charge in [-0.25, -0.2) is 4.98 Å². The Morgan fingerprint density at radius 2 is 1.26 bits per heavy atom. The second-order valence-corrected chi connectivity index (χ2v) is 10.1. The van der Waals surface area contributed by atoms with Gasteiger partial charge < -0.3 is 5.32 Å². The number of fused-ring (bicyclic) bond motifs is 1. The zero-order valence-corrected chi connectivity index (χ0v) is 21.6. The number of hydrogen-bond acceptors (Lipinski definition) is 5. The molecule has 0 fully saturated rings. The Morgan fingerprint density at radius 3 is 1.90 bits per heavy atom. The number of amides is 3. The van der Waals surface area contributed by atoms with Crippen LogP contribution in [-0.2, 0) is 11.2 Å². The molecule has 1 unspecified atom stereocenters. The fourth-order valence-corrected chi connectivity index (χ4v) is 5.47. The summed E-state index contributed by atoms with van der Waals surface area (Å²) in [5, 5.41) is 5.13. The lowest BCUT2D eigenvalue weighted by Crippen LogP contribution is -2.48. The van der Waals surface area contributed by atoms with Crippen LogP contribution in [0.5, 0.6) is 0 Å². The molecule has 190 valence electrons. The number of thiazole rings is 1. The molecule has 2 heterocycles. The van der Waals surface area contributed by atoms with E-state index in [-0.39, 0.29) is 6.42 Å². The summed E-state index contributed by atoms with van der Waals surface area (Å²) in [4.78, 5) is 45.7. The lowest BCUT2D eigenvalue weighted by atomic mass is 10.0. The Labute approximate surface area is 229 Å². The minimum atomic E-state index is -1.03. The molecule has 4 aromatic carbocycles. The molecule has 1 aliphatic heterocycles. The summed E-state index contributed by atoms with van der Waals surface area (Å²) in [6.07, 6.45) is 0.192. The van der Waals surface area contributed by atoms with E-state index in [0.29, 0.717) is 16.3 Å². The summed E-state index contributed by atoms with van der Waals surface area (Å²) in [5.74, 6) is -1.40. The Hall–Kier alpha value is -4.88. The van der Waals surface area contributed by atoms with Crippen molar-refractivity contribution in [2.45, 2.75) is 12.5 Å². The van der Waals surface area contributed by atoms with Crippen LogP contribution in [0.4, 0.5) is 5.13 Å². The molecular formula is C32H23N3O3S. The van der Waals surface area contributed by atoms with Gasteiger partial charge in [-0.15, -0.1) is 11.3 Å². The Kier molecular flexibility index (Phi) is 6.57. The van der Waals surface area contributed by atoms with Crippen molar-refractivity contribution in [3.63, 3.8) is 0 Å². The molecule has 1 atom stereocenters. The van der Waals surface area contributed by atoms with Crippen molar-refractivity contribution in [2.75, 3.05) is 5.32 Å². The summed E-state index contributed by atoms with van der Waals surface area (Å²) >= 11 is 1.30. The molecule has 0 saturated carbocycles. The predicted octanol–water partition coefficient (Wildman–Crippen LogP) is 6.32. The summed E-state index contributed by atoms with van der Waals surface area (Å²) in [5.41, 5.74) is 5.35. The average Bonchev–Trinajstić information content (AvgIpc) is 3.55. The van der Waals surface area contributed by atoms with Crippen LogP contribution in [0, 0.1) is 0 Å². The topological polar surface area (TPSA) is 79.4 Å². The van der Waals surface area contributed by atoms with Gasteiger partial charge in [0.25, 0.3) is 11.8 Å². The highest BCUT2D eigenvalue weighted by Crippen LogP contribution is 2.30. The Balaban J connectivity index is 1.24. The molecule has 6 rings (SSSR count). The molecule has 1 aromatic heterocycles. The molecule has 0 saturated heterocycles. The number of carbonyl (C=O) groups is 3. The van der Waals surface area contributed by atoms with Gasteiger partial charge in [-0.1, -0.05) is 97.1 Å². The van der Waals surface area contributed by atoms with Crippen LogP contribution < -0.4 is 5.32 Å². The second-order valence-electron chi connectivity index (χ2n) is 9.20. The van der Waals surface area contributed by atoms with Crippen molar-refractivity contribution in [2.24, 2.45) is 0 Å². The van der Waals surface area contributed by atoms with Gasteiger partial charge in [0.1, 0.15) is 6.04 Å². The fourth-order valence-electron chi connectivity index (χ4n) is 4.75. The first-order valence-electron chi connectivity index (χ1n) is 12.5. The number of aromatic nitrogens is 1. The molecule has 39 heavy (non-hydrogen) atoms. The first-order chi connectivity index (χ1) is 19.1. The van der Waals surface area contributed by atoms with Gasteiger partial charge in [-0.3, -0.25) is 19.3 Å². The van der Waals surface area contributed by atoms with Crippen molar-refractivity contribution >= 4 is 34.2 Å². The van der Waals surface area contributed by atoms with Gasteiger partial charge in [-0.05, 0) is 28.8 Å². The van der Waals surface area contributed by atoms with Gasteiger partial charge >= 0.3 is 0 Å². The first-order valence-corrected chi connectivity index (χ1v) is 13.4. The summed E-state index contributed by atoms with van der Waals surface area (Å²) in [7, 11) is 0. The van der Waals surface area contributed by atoms with Gasteiger partial charge in [0.05, 0.1) is 16.8 Å². The van der Waals surface area contributed by atoms with E-state index in [2.05, 4.69) is 22.4 Å². The molecule has 0 bridgehead atoms. The number of anilines is 1. The number of nitrogens with one attached hydrogen (secondary N) is 1. The molecule has 1 N–H and O–H groups in total. The first kappa shape index (κ1) is 24.5. The minimum Gasteiger partial charge on any atom is -0.300 e. The predicted molar refractivity (Wildman–Crippen MR) is 152 cm³/mol. The number of hydrogen-bond donors (Lipinski definition) is 1. The van der Waals surface area contributed by atoms with E-state index in [9.17, 15) is 14.4 Å². The molecular weight excluding hydrogens is 506 g/mol. The third-order valence-corrected chi connectivity index (χ3v) is 7.49. The van der Waals surface area contributed by atoms with Crippen molar-refractivity contribution in [3.05, 3.63) is 131 Å². The highest BCUT2D eigenvalue weighted by atomic mass is 32.1. The Bertz CT molecular complexity index is 1630. The zero-order valence-electron chi connectivity index (χ0n) is 20.8. The van der Waals surface area contributed by atoms with Crippen LogP contribution in [0.25, 0.3) is 22.4 Å². The van der Waals surface area contributed by atoms with Gasteiger partial charge in [0.2, 0.25) is 5.91 Å². The lowest BCUT2D eigenvalue weighted by Gasteiger charge is -2.25. The monoisotopic (exact) mass is 529 g/mol. The lowest BCUT2D eigenvalue weighted by molar-refractivity contribution is -0.119. The van der Waals surface area contributed by atoms with Crippen molar-refractivity contribution in [3.8, 4) is 22.4 Å². The van der Waals surface area contributed by atoms with Crippen LogP contribution in [0.1, 0.15) is 26.3 Å². The van der Waals surface area contributed by atoms with Crippen molar-refractivity contribution in [1.29, 1.82) is 0 Å². The minimum absolute atomic E-state index is 0.192. The van der Waals surface area contributed by atoms with E-state index in [1.54, 1.807) is 24.3 Å². The molecule has 3 amide bonds. The number of imide groups is 1. The van der Waals surface area contributed by atoms with E-state index in [0.717, 1.165) is 32.8 Å². The van der Waals surface area contributed by atoms with E-state index in [1.165, 1.54) is 11.3 Å². The van der Waals surface area contributed by atoms with E-state index in [4.69, 9.17) is 0 Å². The van der Waals surface area contributed by atoms with Crippen LogP contribution >= 0.6 is 11.3 Å². The summed E-state index contributed by atoms with van der Waals surface area (Å²) < 4.78 is 0. The molecule has 0 aliphatic carbocycles. The maximum absolute atomic E-state index is 13.6. The number of nitrogens with zero attached hydrogens (tertiary/aromatic N) is 2. The van der Waals surface area contributed by atoms with Crippen LogP contribution in [-0.4, -0.2) is 33.6 Å². The zero-order chi connectivity index (χ0) is 26.8. The molecule has 0 radical (unpaired) electrons. The quantitative estimate of drug-likeness (QED) is 0.250. The second kappa shape index (κ2) is 10.5. The summed E-state index contributed by atoms with van der Waals surface area (Å²) in [6.45, 7) is 0. The van der Waals surface area contributed by atoms with Gasteiger partial charge in [0.15, 0.2) is 5.13 Å². The maximum Gasteiger partial charge on any atom is 0.262 e. The van der Waals surface area contributed by atoms with Crippen LogP contribution in [0.2, 0.25) is 0 Å². The third kappa shape index (κ3) is 4.87. The smallest absolute Gasteiger partial charge is 0.262 e. The maximum atomic E-state index is 13.6. The molecule has 0 spiro atoms. The van der Waals surface area contributed by atoms with E-state index < -0.39 is 23.8 Å². The van der Waals surface area contributed by atoms with Crippen molar-refractivity contribution in [1.82, 2.24) is 9.88 Å². The third-order valence-electron chi connectivity index (χ3n) is 6.73. The average molecular weight is 530 g/mol. The molecule has 7 heteroatoms. The molecule has 6 nitrogen and oxygen atoms in total. The highest BCUT2D eigenvalue weighted by molar-refractivity contribution is 7.14. The normalized spacial score (nSPS) is 13.3. The van der Waals surface area contributed by atoms with Crippen molar-refractivity contribution < 1.29 is 14.4 Å². The Morgan fingerprint density at radius 1 is 0.718 bits per heavy atom. The fraction of sp³-hybridized carbons (Fsp3) is 0.0625. The molecule has 1 aliphatic rings. The molecule has 5 aromatic rings. The van der Waals surface area contributed by atoms with Crippen LogP contribution in [0.3, 0.4) is 0 Å². The van der Waals surface area contributed by atoms with E-state index in [1.807, 2.05) is 78.2 Å². The van der Waals surface area contributed by atoms with Crippen LogP contribution in [0.15, 0.2) is 115 Å². The number of rotatable bonds is 7. The number of benzene rings is 4.